The summed E-state index contributed by atoms with van der Waals surface area (Å²) in [7, 11) is 0. The maximum absolute atomic E-state index is 12.9. The van der Waals surface area contributed by atoms with Crippen LogP contribution in [0.2, 0.25) is 0 Å². The Morgan fingerprint density at radius 3 is 2.35 bits per heavy atom. The second kappa shape index (κ2) is 7.01. The van der Waals surface area contributed by atoms with Gasteiger partial charge in [0.05, 0.1) is 0 Å². The zero-order valence-corrected chi connectivity index (χ0v) is 14.8. The molecule has 0 unspecified atom stereocenters. The predicted molar refractivity (Wildman–Crippen MR) is 107 cm³/mol. The number of hydrogen-bond donors (Lipinski definition) is 1. The molecule has 1 heterocycles. The fraction of sp³-hybridized carbons (Fsp3) is 0.125. The number of Topliss-reactive ketones (excluding diaryl/α,β-unsaturated/α-hetero) is 1. The van der Waals surface area contributed by atoms with Crippen molar-refractivity contribution in [1.82, 2.24) is 4.98 Å². The Kier molecular flexibility index (Phi) is 4.40. The van der Waals surface area contributed by atoms with Crippen LogP contribution in [-0.4, -0.2) is 10.8 Å². The first-order valence-corrected chi connectivity index (χ1v) is 8.93. The van der Waals surface area contributed by atoms with Gasteiger partial charge in [-0.15, -0.1) is 0 Å². The molecule has 1 aromatic heterocycles. The van der Waals surface area contributed by atoms with Crippen molar-refractivity contribution in [2.24, 2.45) is 0 Å². The molecule has 4 rings (SSSR count). The number of aromatic nitrogens is 1. The van der Waals surface area contributed by atoms with Crippen molar-refractivity contribution in [1.29, 1.82) is 0 Å². The second-order valence-corrected chi connectivity index (χ2v) is 6.75. The number of nitrogens with one attached hydrogen (secondary N) is 1. The number of benzene rings is 3. The minimum absolute atomic E-state index is 0.0273. The third-order valence-corrected chi connectivity index (χ3v) is 4.96. The normalized spacial score (nSPS) is 12.2. The zero-order valence-electron chi connectivity index (χ0n) is 14.8. The van der Waals surface area contributed by atoms with Gasteiger partial charge < -0.3 is 4.98 Å². The molecule has 0 aliphatic rings. The van der Waals surface area contributed by atoms with Crippen molar-refractivity contribution in [3.05, 3.63) is 107 Å². The number of H-pyrrole nitrogens is 1. The number of fused-ring (bicyclic) bond motifs is 1. The van der Waals surface area contributed by atoms with Gasteiger partial charge >= 0.3 is 0 Å². The van der Waals surface area contributed by atoms with Crippen LogP contribution in [0.15, 0.2) is 85.1 Å². The first-order chi connectivity index (χ1) is 12.7. The smallest absolute Gasteiger partial charge is 0.163 e. The van der Waals surface area contributed by atoms with Crippen LogP contribution in [0, 0.1) is 6.92 Å². The predicted octanol–water partition coefficient (Wildman–Crippen LogP) is 5.88. The number of carbonyl (C=O) groups is 1. The number of carbonyl (C=O) groups excluding carboxylic acids is 1. The van der Waals surface area contributed by atoms with E-state index in [4.69, 9.17) is 0 Å². The van der Waals surface area contributed by atoms with E-state index in [1.807, 2.05) is 48.7 Å². The van der Waals surface area contributed by atoms with Gasteiger partial charge in [-0.25, -0.2) is 0 Å². The van der Waals surface area contributed by atoms with E-state index < -0.39 is 0 Å². The molecule has 2 nitrogen and oxygen atoms in total. The van der Waals surface area contributed by atoms with Crippen molar-refractivity contribution in [2.45, 2.75) is 19.3 Å². The summed E-state index contributed by atoms with van der Waals surface area (Å²) < 4.78 is 0. The molecule has 0 fully saturated rings. The minimum Gasteiger partial charge on any atom is -0.361 e. The molecule has 1 N–H and O–H groups in total. The summed E-state index contributed by atoms with van der Waals surface area (Å²) in [4.78, 5) is 16.3. The summed E-state index contributed by atoms with van der Waals surface area (Å²) >= 11 is 0. The van der Waals surface area contributed by atoms with E-state index in [1.165, 1.54) is 22.1 Å². The molecular formula is C24H21NO. The Bertz CT molecular complexity index is 1030. The molecule has 0 radical (unpaired) electrons. The molecule has 0 saturated heterocycles. The molecule has 4 aromatic rings. The van der Waals surface area contributed by atoms with Gasteiger partial charge in [0.2, 0.25) is 0 Å². The van der Waals surface area contributed by atoms with Crippen molar-refractivity contribution >= 4 is 16.7 Å². The number of para-hydroxylation sites is 1. The quantitative estimate of drug-likeness (QED) is 0.452. The van der Waals surface area contributed by atoms with E-state index in [1.54, 1.807) is 0 Å². The Labute approximate surface area is 153 Å². The highest BCUT2D eigenvalue weighted by atomic mass is 16.1. The fourth-order valence-electron chi connectivity index (χ4n) is 3.52. The van der Waals surface area contributed by atoms with Crippen LogP contribution in [0.1, 0.15) is 39.4 Å². The van der Waals surface area contributed by atoms with Gasteiger partial charge in [-0.2, -0.15) is 0 Å². The lowest BCUT2D eigenvalue weighted by Gasteiger charge is -2.17. The summed E-state index contributed by atoms with van der Waals surface area (Å²) in [6.07, 6.45) is 2.50. The van der Waals surface area contributed by atoms with E-state index in [0.29, 0.717) is 6.42 Å². The van der Waals surface area contributed by atoms with E-state index in [-0.39, 0.29) is 11.7 Å². The highest BCUT2D eigenvalue weighted by Gasteiger charge is 2.22. The lowest BCUT2D eigenvalue weighted by atomic mass is 9.85. The molecule has 2 heteroatoms. The third-order valence-electron chi connectivity index (χ3n) is 4.96. The van der Waals surface area contributed by atoms with E-state index in [9.17, 15) is 4.79 Å². The van der Waals surface area contributed by atoms with E-state index in [0.717, 1.165) is 11.1 Å². The summed E-state index contributed by atoms with van der Waals surface area (Å²) in [6.45, 7) is 2.08. The van der Waals surface area contributed by atoms with Crippen LogP contribution >= 0.6 is 0 Å². The average Bonchev–Trinajstić information content (AvgIpc) is 3.11. The summed E-state index contributed by atoms with van der Waals surface area (Å²) in [5.74, 6) is 0.195. The van der Waals surface area contributed by atoms with Crippen molar-refractivity contribution in [2.75, 3.05) is 0 Å². The van der Waals surface area contributed by atoms with Crippen LogP contribution in [-0.2, 0) is 0 Å². The molecule has 0 spiro atoms. The van der Waals surface area contributed by atoms with Gasteiger partial charge in [0.15, 0.2) is 5.78 Å². The highest BCUT2D eigenvalue weighted by Crippen LogP contribution is 2.34. The maximum atomic E-state index is 12.9. The summed E-state index contributed by atoms with van der Waals surface area (Å²) in [5, 5.41) is 1.18. The van der Waals surface area contributed by atoms with Crippen molar-refractivity contribution in [3.8, 4) is 0 Å². The Morgan fingerprint density at radius 1 is 0.885 bits per heavy atom. The number of ketones is 1. The zero-order chi connectivity index (χ0) is 17.9. The van der Waals surface area contributed by atoms with Gasteiger partial charge in [0, 0.05) is 35.0 Å². The molecule has 0 aliphatic heterocycles. The number of aryl methyl sites for hydroxylation is 1. The van der Waals surface area contributed by atoms with E-state index >= 15 is 0 Å². The number of hydrogen-bond acceptors (Lipinski definition) is 1. The molecule has 0 aliphatic carbocycles. The Balaban J connectivity index is 1.77. The van der Waals surface area contributed by atoms with Crippen LogP contribution in [0.5, 0.6) is 0 Å². The van der Waals surface area contributed by atoms with Gasteiger partial charge in [-0.05, 0) is 24.1 Å². The van der Waals surface area contributed by atoms with Crippen LogP contribution < -0.4 is 0 Å². The van der Waals surface area contributed by atoms with Crippen LogP contribution in [0.4, 0.5) is 0 Å². The number of aromatic amines is 1. The topological polar surface area (TPSA) is 32.9 Å². The van der Waals surface area contributed by atoms with Crippen LogP contribution in [0.25, 0.3) is 10.9 Å². The standard InChI is InChI=1S/C24H21NO/c1-17-11-13-18(14-12-17)21(15-24(26)19-7-3-2-4-8-19)22-16-25-23-10-6-5-9-20(22)23/h2-14,16,21,25H,15H2,1H3/t21-/m0/s1. The molecule has 0 bridgehead atoms. The first-order valence-electron chi connectivity index (χ1n) is 8.93. The monoisotopic (exact) mass is 339 g/mol. The van der Waals surface area contributed by atoms with Gasteiger partial charge in [-0.3, -0.25) is 4.79 Å². The lowest BCUT2D eigenvalue weighted by molar-refractivity contribution is 0.0978. The maximum Gasteiger partial charge on any atom is 0.163 e. The van der Waals surface area contributed by atoms with Gasteiger partial charge in [0.1, 0.15) is 0 Å². The average molecular weight is 339 g/mol. The highest BCUT2D eigenvalue weighted by molar-refractivity contribution is 5.97. The van der Waals surface area contributed by atoms with Crippen LogP contribution in [0.3, 0.4) is 0 Å². The molecule has 3 aromatic carbocycles. The Morgan fingerprint density at radius 2 is 1.58 bits per heavy atom. The van der Waals surface area contributed by atoms with Gasteiger partial charge in [0.25, 0.3) is 0 Å². The summed E-state index contributed by atoms with van der Waals surface area (Å²) in [6, 6.07) is 26.3. The lowest BCUT2D eigenvalue weighted by Crippen LogP contribution is -2.09. The first kappa shape index (κ1) is 16.3. The largest absolute Gasteiger partial charge is 0.361 e. The van der Waals surface area contributed by atoms with Gasteiger partial charge in [-0.1, -0.05) is 78.4 Å². The van der Waals surface area contributed by atoms with Crippen molar-refractivity contribution < 1.29 is 4.79 Å². The molecule has 128 valence electrons. The number of rotatable bonds is 5. The SMILES string of the molecule is Cc1ccc([C@H](CC(=O)c2ccccc2)c2c[nH]c3ccccc23)cc1. The minimum atomic E-state index is 0.0273. The Hall–Kier alpha value is -3.13. The molecule has 1 atom stereocenters. The molecule has 0 saturated carbocycles. The van der Waals surface area contributed by atoms with Crippen molar-refractivity contribution in [3.63, 3.8) is 0 Å². The van der Waals surface area contributed by atoms with E-state index in [2.05, 4.69) is 48.3 Å². The molecular weight excluding hydrogens is 318 g/mol. The molecule has 0 amide bonds. The molecule has 26 heavy (non-hydrogen) atoms. The second-order valence-electron chi connectivity index (χ2n) is 6.75. The fourth-order valence-corrected chi connectivity index (χ4v) is 3.52. The third kappa shape index (κ3) is 3.18. The summed E-state index contributed by atoms with van der Waals surface area (Å²) in [5.41, 5.74) is 5.44.